The molecule has 7 heteroatoms. The predicted octanol–water partition coefficient (Wildman–Crippen LogP) is 5.24. The van der Waals surface area contributed by atoms with E-state index < -0.39 is 0 Å². The number of aryl methyl sites for hydroxylation is 1. The van der Waals surface area contributed by atoms with Gasteiger partial charge in [-0.2, -0.15) is 0 Å². The van der Waals surface area contributed by atoms with Crippen LogP contribution in [0.15, 0.2) is 40.2 Å². The number of rotatable bonds is 5. The highest BCUT2D eigenvalue weighted by Gasteiger charge is 2.30. The fraction of sp³-hybridized carbons (Fsp3) is 0.391. The van der Waals surface area contributed by atoms with Crippen LogP contribution in [0.25, 0.3) is 10.2 Å². The van der Waals surface area contributed by atoms with Gasteiger partial charge in [-0.3, -0.25) is 9.59 Å². The lowest BCUT2D eigenvalue weighted by Crippen LogP contribution is -2.41. The van der Waals surface area contributed by atoms with E-state index >= 15 is 0 Å². The van der Waals surface area contributed by atoms with E-state index in [1.165, 1.54) is 11.1 Å². The zero-order valence-electron chi connectivity index (χ0n) is 17.2. The molecule has 1 aromatic carbocycles. The molecule has 0 atom stereocenters. The number of benzene rings is 1. The van der Waals surface area contributed by atoms with Gasteiger partial charge in [-0.05, 0) is 65.9 Å². The van der Waals surface area contributed by atoms with E-state index in [9.17, 15) is 9.59 Å². The summed E-state index contributed by atoms with van der Waals surface area (Å²) in [4.78, 5) is 27.3. The molecule has 0 N–H and O–H groups in total. The lowest BCUT2D eigenvalue weighted by molar-refractivity contribution is -0.149. The smallest absolute Gasteiger partial charge is 0.309 e. The van der Waals surface area contributed by atoms with Gasteiger partial charge < -0.3 is 14.2 Å². The molecule has 30 heavy (non-hydrogen) atoms. The summed E-state index contributed by atoms with van der Waals surface area (Å²) < 4.78 is 9.43. The van der Waals surface area contributed by atoms with Crippen molar-refractivity contribution in [3.05, 3.63) is 57.0 Å². The highest BCUT2D eigenvalue weighted by molar-refractivity contribution is 9.11. The van der Waals surface area contributed by atoms with Crippen molar-refractivity contribution in [1.29, 1.82) is 0 Å². The number of piperidine rings is 1. The van der Waals surface area contributed by atoms with Crippen molar-refractivity contribution in [3.8, 4) is 0 Å². The number of halogens is 1. The van der Waals surface area contributed by atoms with Crippen LogP contribution >= 0.6 is 27.3 Å². The molecule has 1 aliphatic heterocycles. The van der Waals surface area contributed by atoms with Gasteiger partial charge in [0.05, 0.1) is 26.5 Å². The molecule has 3 heterocycles. The largest absolute Gasteiger partial charge is 0.466 e. The molecule has 5 nitrogen and oxygen atoms in total. The summed E-state index contributed by atoms with van der Waals surface area (Å²) in [5, 5.41) is 0. The number of thiophene rings is 1. The van der Waals surface area contributed by atoms with Crippen molar-refractivity contribution in [2.75, 3.05) is 19.7 Å². The maximum absolute atomic E-state index is 13.4. The Morgan fingerprint density at radius 1 is 1.20 bits per heavy atom. The Balaban J connectivity index is 1.59. The molecule has 3 aromatic rings. The van der Waals surface area contributed by atoms with Crippen LogP contribution in [0.1, 0.15) is 41.4 Å². The Morgan fingerprint density at radius 3 is 2.63 bits per heavy atom. The molecular formula is C23H25BrN2O3S. The fourth-order valence-corrected chi connectivity index (χ4v) is 5.62. The normalized spacial score (nSPS) is 15.0. The third-order valence-corrected chi connectivity index (χ3v) is 7.34. The van der Waals surface area contributed by atoms with Crippen molar-refractivity contribution in [2.45, 2.75) is 33.2 Å². The Bertz CT molecular complexity index is 1080. The first-order valence-corrected chi connectivity index (χ1v) is 11.9. The first kappa shape index (κ1) is 21.1. The quantitative estimate of drug-likeness (QED) is 0.461. The number of amides is 1. The maximum Gasteiger partial charge on any atom is 0.309 e. The molecule has 0 bridgehead atoms. The second-order valence-electron chi connectivity index (χ2n) is 7.66. The van der Waals surface area contributed by atoms with Gasteiger partial charge in [-0.15, -0.1) is 11.3 Å². The zero-order chi connectivity index (χ0) is 21.3. The van der Waals surface area contributed by atoms with Crippen molar-refractivity contribution in [3.63, 3.8) is 0 Å². The third kappa shape index (κ3) is 4.18. The highest BCUT2D eigenvalue weighted by Crippen LogP contribution is 2.34. The molecule has 1 fully saturated rings. The van der Waals surface area contributed by atoms with Crippen LogP contribution in [0.2, 0.25) is 0 Å². The second-order valence-corrected chi connectivity index (χ2v) is 10.1. The SMILES string of the molecule is CCOC(=O)C1CCN(C(=O)c2cc3sc(Br)cc3n2Cc2ccccc2C)CC1. The van der Waals surface area contributed by atoms with Crippen molar-refractivity contribution < 1.29 is 14.3 Å². The molecule has 0 aliphatic carbocycles. The fourth-order valence-electron chi connectivity index (χ4n) is 4.06. The van der Waals surface area contributed by atoms with E-state index in [0.29, 0.717) is 44.8 Å². The van der Waals surface area contributed by atoms with Gasteiger partial charge in [-0.1, -0.05) is 24.3 Å². The molecule has 4 rings (SSSR count). The van der Waals surface area contributed by atoms with Gasteiger partial charge in [0, 0.05) is 19.6 Å². The van der Waals surface area contributed by atoms with E-state index in [1.54, 1.807) is 11.3 Å². The van der Waals surface area contributed by atoms with Gasteiger partial charge in [0.2, 0.25) is 0 Å². The first-order chi connectivity index (χ1) is 14.5. The van der Waals surface area contributed by atoms with Crippen molar-refractivity contribution >= 4 is 49.4 Å². The van der Waals surface area contributed by atoms with Crippen LogP contribution in [0.3, 0.4) is 0 Å². The molecule has 2 aromatic heterocycles. The Hall–Kier alpha value is -2.12. The number of hydrogen-bond donors (Lipinski definition) is 0. The number of ether oxygens (including phenoxy) is 1. The van der Waals surface area contributed by atoms with Crippen molar-refractivity contribution in [2.24, 2.45) is 5.92 Å². The molecule has 0 radical (unpaired) electrons. The molecule has 0 unspecified atom stereocenters. The Morgan fingerprint density at radius 2 is 1.93 bits per heavy atom. The second kappa shape index (κ2) is 8.94. The standard InChI is InChI=1S/C23H25BrN2O3S/c1-3-29-23(28)16-8-10-25(11-9-16)22(27)19-12-20-18(13-21(24)30-20)26(19)14-17-7-5-4-6-15(17)2/h4-7,12-13,16H,3,8-11,14H2,1-2H3. The minimum absolute atomic E-state index is 0.0328. The molecular weight excluding hydrogens is 464 g/mol. The van der Waals surface area contributed by atoms with Crippen LogP contribution in [0.4, 0.5) is 0 Å². The summed E-state index contributed by atoms with van der Waals surface area (Å²) in [5.74, 6) is -0.212. The number of carbonyl (C=O) groups is 2. The summed E-state index contributed by atoms with van der Waals surface area (Å²) in [7, 11) is 0. The van der Waals surface area contributed by atoms with Crippen LogP contribution < -0.4 is 0 Å². The lowest BCUT2D eigenvalue weighted by atomic mass is 9.97. The van der Waals surface area contributed by atoms with Crippen LogP contribution in [-0.4, -0.2) is 41.0 Å². The predicted molar refractivity (Wildman–Crippen MR) is 123 cm³/mol. The number of nitrogens with zero attached hydrogens (tertiary/aromatic N) is 2. The van der Waals surface area contributed by atoms with Crippen LogP contribution in [-0.2, 0) is 16.1 Å². The van der Waals surface area contributed by atoms with E-state index in [0.717, 1.165) is 14.0 Å². The number of carbonyl (C=O) groups excluding carboxylic acids is 2. The average molecular weight is 489 g/mol. The number of aromatic nitrogens is 1. The summed E-state index contributed by atoms with van der Waals surface area (Å²) >= 11 is 5.21. The van der Waals surface area contributed by atoms with Gasteiger partial charge >= 0.3 is 5.97 Å². The lowest BCUT2D eigenvalue weighted by Gasteiger charge is -2.31. The number of fused-ring (bicyclic) bond motifs is 1. The van der Waals surface area contributed by atoms with Gasteiger partial charge in [-0.25, -0.2) is 0 Å². The minimum atomic E-state index is -0.141. The number of esters is 1. The molecule has 1 aliphatic rings. The van der Waals surface area contributed by atoms with E-state index in [1.807, 2.05) is 30.0 Å². The zero-order valence-corrected chi connectivity index (χ0v) is 19.6. The molecule has 0 spiro atoms. The summed E-state index contributed by atoms with van der Waals surface area (Å²) in [6.07, 6.45) is 1.31. The summed E-state index contributed by atoms with van der Waals surface area (Å²) in [5.41, 5.74) is 4.19. The molecule has 0 saturated carbocycles. The van der Waals surface area contributed by atoms with E-state index in [4.69, 9.17) is 4.74 Å². The average Bonchev–Trinajstić information content (AvgIpc) is 3.26. The number of hydrogen-bond acceptors (Lipinski definition) is 4. The Labute approximate surface area is 188 Å². The first-order valence-electron chi connectivity index (χ1n) is 10.3. The number of likely N-dealkylation sites (tertiary alicyclic amines) is 1. The Kier molecular flexibility index (Phi) is 6.29. The van der Waals surface area contributed by atoms with Gasteiger partial charge in [0.25, 0.3) is 5.91 Å². The highest BCUT2D eigenvalue weighted by atomic mass is 79.9. The maximum atomic E-state index is 13.4. The summed E-state index contributed by atoms with van der Waals surface area (Å²) in [6.45, 7) is 6.13. The topological polar surface area (TPSA) is 51.5 Å². The van der Waals surface area contributed by atoms with Gasteiger partial charge in [0.15, 0.2) is 0 Å². The van der Waals surface area contributed by atoms with E-state index in [2.05, 4.69) is 45.6 Å². The monoisotopic (exact) mass is 488 g/mol. The molecule has 1 amide bonds. The molecule has 1 saturated heterocycles. The third-order valence-electron chi connectivity index (χ3n) is 5.77. The van der Waals surface area contributed by atoms with Crippen LogP contribution in [0.5, 0.6) is 0 Å². The van der Waals surface area contributed by atoms with Crippen molar-refractivity contribution in [1.82, 2.24) is 9.47 Å². The van der Waals surface area contributed by atoms with E-state index in [-0.39, 0.29) is 17.8 Å². The summed E-state index contributed by atoms with van der Waals surface area (Å²) in [6, 6.07) is 12.4. The van der Waals surface area contributed by atoms with Gasteiger partial charge in [0.1, 0.15) is 5.69 Å². The molecule has 158 valence electrons. The minimum Gasteiger partial charge on any atom is -0.466 e. The van der Waals surface area contributed by atoms with Crippen LogP contribution in [0, 0.1) is 12.8 Å².